The summed E-state index contributed by atoms with van der Waals surface area (Å²) < 4.78 is 0. The van der Waals surface area contributed by atoms with Crippen LogP contribution in [0.25, 0.3) is 11.1 Å². The Balaban J connectivity index is 1.38. The molecule has 2 aromatic rings. The van der Waals surface area contributed by atoms with Crippen LogP contribution in [0.2, 0.25) is 0 Å². The zero-order valence-electron chi connectivity index (χ0n) is 14.2. The van der Waals surface area contributed by atoms with E-state index in [0.717, 1.165) is 12.5 Å². The number of thiophene rings is 1. The van der Waals surface area contributed by atoms with E-state index in [2.05, 4.69) is 64.2 Å². The summed E-state index contributed by atoms with van der Waals surface area (Å²) in [6.45, 7) is 3.51. The molecule has 24 heavy (non-hydrogen) atoms. The van der Waals surface area contributed by atoms with Gasteiger partial charge in [-0.3, -0.25) is 4.90 Å². The largest absolute Gasteiger partial charge is 0.299 e. The fraction of sp³-hybridized carbons (Fsp3) is 0.364. The van der Waals surface area contributed by atoms with Crippen LogP contribution in [0.15, 0.2) is 59.3 Å². The lowest BCUT2D eigenvalue weighted by molar-refractivity contribution is 0.262. The zero-order valence-corrected chi connectivity index (χ0v) is 15.0. The molecule has 124 valence electrons. The molecule has 1 aromatic heterocycles. The van der Waals surface area contributed by atoms with Crippen molar-refractivity contribution in [1.82, 2.24) is 4.90 Å². The molecule has 1 atom stereocenters. The quantitative estimate of drug-likeness (QED) is 0.690. The Kier molecular flexibility index (Phi) is 4.96. The van der Waals surface area contributed by atoms with Crippen LogP contribution >= 0.6 is 11.3 Å². The maximum absolute atomic E-state index is 2.63. The Labute approximate surface area is 149 Å². The van der Waals surface area contributed by atoms with Gasteiger partial charge in [-0.15, -0.1) is 0 Å². The van der Waals surface area contributed by atoms with Crippen LogP contribution in [0.1, 0.15) is 36.8 Å². The first-order chi connectivity index (χ1) is 11.9. The van der Waals surface area contributed by atoms with Gasteiger partial charge in [0.25, 0.3) is 0 Å². The number of rotatable bonds is 4. The highest BCUT2D eigenvalue weighted by atomic mass is 32.1. The predicted octanol–water partition coefficient (Wildman–Crippen LogP) is 5.72. The van der Waals surface area contributed by atoms with Crippen molar-refractivity contribution in [2.75, 3.05) is 19.6 Å². The molecule has 1 aromatic carbocycles. The van der Waals surface area contributed by atoms with Crippen molar-refractivity contribution >= 4 is 22.5 Å². The van der Waals surface area contributed by atoms with E-state index >= 15 is 0 Å². The van der Waals surface area contributed by atoms with Gasteiger partial charge in [0.05, 0.1) is 0 Å². The smallest absolute Gasteiger partial charge is 0.0169 e. The maximum Gasteiger partial charge on any atom is 0.0169 e. The molecule has 0 saturated heterocycles. The minimum Gasteiger partial charge on any atom is -0.299 e. The summed E-state index contributed by atoms with van der Waals surface area (Å²) in [7, 11) is 0. The monoisotopic (exact) mass is 335 g/mol. The summed E-state index contributed by atoms with van der Waals surface area (Å²) in [5.41, 5.74) is 5.94. The van der Waals surface area contributed by atoms with Crippen LogP contribution in [0, 0.1) is 5.92 Å². The van der Waals surface area contributed by atoms with Crippen molar-refractivity contribution in [2.24, 2.45) is 5.92 Å². The highest BCUT2D eigenvalue weighted by Gasteiger charge is 2.19. The SMILES string of the molecule is C1=C(c2ccsc2)CCC[C@H]1CN1CC=C(c2ccccc2)CC1. The molecule has 0 radical (unpaired) electrons. The van der Waals surface area contributed by atoms with Crippen LogP contribution in [0.3, 0.4) is 0 Å². The molecule has 0 N–H and O–H groups in total. The third-order valence-electron chi connectivity index (χ3n) is 5.28. The maximum atomic E-state index is 2.63. The molecule has 0 bridgehead atoms. The van der Waals surface area contributed by atoms with Crippen LogP contribution in [-0.4, -0.2) is 24.5 Å². The minimum atomic E-state index is 0.723. The third kappa shape index (κ3) is 3.71. The van der Waals surface area contributed by atoms with Gasteiger partial charge in [-0.05, 0) is 70.7 Å². The topological polar surface area (TPSA) is 3.24 Å². The molecule has 1 nitrogen and oxygen atoms in total. The van der Waals surface area contributed by atoms with Gasteiger partial charge in [-0.2, -0.15) is 11.3 Å². The van der Waals surface area contributed by atoms with E-state index in [0.29, 0.717) is 0 Å². The van der Waals surface area contributed by atoms with E-state index in [4.69, 9.17) is 0 Å². The van der Waals surface area contributed by atoms with Crippen LogP contribution in [-0.2, 0) is 0 Å². The number of hydrogen-bond donors (Lipinski definition) is 0. The van der Waals surface area contributed by atoms with E-state index < -0.39 is 0 Å². The Hall–Kier alpha value is -1.64. The van der Waals surface area contributed by atoms with Crippen LogP contribution < -0.4 is 0 Å². The fourth-order valence-electron chi connectivity index (χ4n) is 3.96. The first kappa shape index (κ1) is 15.9. The number of benzene rings is 1. The Morgan fingerprint density at radius 1 is 1.00 bits per heavy atom. The van der Waals surface area contributed by atoms with Crippen molar-refractivity contribution in [3.05, 3.63) is 70.4 Å². The number of allylic oxidation sites excluding steroid dienone is 1. The van der Waals surface area contributed by atoms with Gasteiger partial charge in [0, 0.05) is 19.6 Å². The zero-order chi connectivity index (χ0) is 16.2. The first-order valence-corrected chi connectivity index (χ1v) is 10.0. The normalized spacial score (nSPS) is 22.1. The fourth-order valence-corrected chi connectivity index (χ4v) is 4.64. The van der Waals surface area contributed by atoms with E-state index in [9.17, 15) is 0 Å². The van der Waals surface area contributed by atoms with Crippen molar-refractivity contribution < 1.29 is 0 Å². The van der Waals surface area contributed by atoms with Crippen LogP contribution in [0.5, 0.6) is 0 Å². The van der Waals surface area contributed by atoms with Crippen LogP contribution in [0.4, 0.5) is 0 Å². The molecule has 0 amide bonds. The number of nitrogens with zero attached hydrogens (tertiary/aromatic N) is 1. The average molecular weight is 336 g/mol. The minimum absolute atomic E-state index is 0.723. The second-order valence-electron chi connectivity index (χ2n) is 6.96. The van der Waals surface area contributed by atoms with Gasteiger partial charge in [0.15, 0.2) is 0 Å². The van der Waals surface area contributed by atoms with Crippen molar-refractivity contribution in [1.29, 1.82) is 0 Å². The molecule has 2 heterocycles. The molecule has 2 aliphatic rings. The summed E-state index contributed by atoms with van der Waals surface area (Å²) in [5.74, 6) is 0.723. The standard InChI is InChI=1S/C22H25NS/c1-2-6-19(7-3-1)20-9-12-23(13-10-20)16-18-5-4-8-21(15-18)22-11-14-24-17-22/h1-3,6-7,9,11,14-15,17-18H,4-5,8,10,12-13,16H2/t18-/m1/s1. The van der Waals surface area contributed by atoms with E-state index in [1.807, 2.05) is 11.3 Å². The van der Waals surface area contributed by atoms with E-state index in [1.54, 1.807) is 5.57 Å². The lowest BCUT2D eigenvalue weighted by Crippen LogP contribution is -2.33. The first-order valence-electron chi connectivity index (χ1n) is 9.08. The van der Waals surface area contributed by atoms with Crippen molar-refractivity contribution in [3.8, 4) is 0 Å². The predicted molar refractivity (Wildman–Crippen MR) is 105 cm³/mol. The van der Waals surface area contributed by atoms with E-state index in [1.165, 1.54) is 55.5 Å². The Morgan fingerprint density at radius 3 is 2.67 bits per heavy atom. The van der Waals surface area contributed by atoms with Crippen molar-refractivity contribution in [3.63, 3.8) is 0 Å². The second-order valence-corrected chi connectivity index (χ2v) is 7.74. The lowest BCUT2D eigenvalue weighted by atomic mass is 9.87. The summed E-state index contributed by atoms with van der Waals surface area (Å²) in [5, 5.41) is 4.49. The van der Waals surface area contributed by atoms with E-state index in [-0.39, 0.29) is 0 Å². The molecule has 1 aliphatic heterocycles. The Morgan fingerprint density at radius 2 is 1.92 bits per heavy atom. The van der Waals surface area contributed by atoms with Gasteiger partial charge in [0.1, 0.15) is 0 Å². The summed E-state index contributed by atoms with van der Waals surface area (Å²) in [4.78, 5) is 2.63. The van der Waals surface area contributed by atoms with Crippen molar-refractivity contribution in [2.45, 2.75) is 25.7 Å². The Bertz CT molecular complexity index is 712. The third-order valence-corrected chi connectivity index (χ3v) is 5.96. The molecule has 0 spiro atoms. The molecule has 0 unspecified atom stereocenters. The highest BCUT2D eigenvalue weighted by molar-refractivity contribution is 7.08. The molecule has 2 heteroatoms. The summed E-state index contributed by atoms with van der Waals surface area (Å²) in [6.07, 6.45) is 10.1. The molecular formula is C22H25NS. The number of hydrogen-bond acceptors (Lipinski definition) is 2. The summed E-state index contributed by atoms with van der Waals surface area (Å²) >= 11 is 1.81. The molecule has 0 saturated carbocycles. The highest BCUT2D eigenvalue weighted by Crippen LogP contribution is 2.32. The van der Waals surface area contributed by atoms with Gasteiger partial charge in [-0.25, -0.2) is 0 Å². The van der Waals surface area contributed by atoms with Gasteiger partial charge >= 0.3 is 0 Å². The van der Waals surface area contributed by atoms with Gasteiger partial charge < -0.3 is 0 Å². The second kappa shape index (κ2) is 7.50. The molecule has 4 rings (SSSR count). The molecular weight excluding hydrogens is 310 g/mol. The lowest BCUT2D eigenvalue weighted by Gasteiger charge is -2.31. The molecule has 0 fully saturated rings. The summed E-state index contributed by atoms with van der Waals surface area (Å²) in [6, 6.07) is 13.1. The molecule has 1 aliphatic carbocycles. The average Bonchev–Trinajstić information content (AvgIpc) is 3.18. The van der Waals surface area contributed by atoms with Gasteiger partial charge in [0.2, 0.25) is 0 Å². The van der Waals surface area contributed by atoms with Gasteiger partial charge in [-0.1, -0.05) is 42.5 Å².